The maximum atomic E-state index is 12.5. The maximum Gasteiger partial charge on any atom is 0.274 e. The topological polar surface area (TPSA) is 41.4 Å². The average Bonchev–Trinajstić information content (AvgIpc) is 2.89. The monoisotopic (exact) mass is 366 g/mol. The Morgan fingerprint density at radius 2 is 1.88 bits per heavy atom. The lowest BCUT2D eigenvalue weighted by molar-refractivity contribution is 0.0622. The van der Waals surface area contributed by atoms with Crippen LogP contribution in [0.3, 0.4) is 0 Å². The van der Waals surface area contributed by atoms with E-state index in [9.17, 15) is 4.79 Å². The standard InChI is InChI=1S/C17H20Cl2N4O/c1-12-9-16(20-21(12)2)17(24)23-7-5-22(6-8-23)11-13-3-4-14(18)10-15(13)19/h3-4,9-10H,5-8,11H2,1-2H3. The highest BCUT2D eigenvalue weighted by Gasteiger charge is 2.24. The van der Waals surface area contributed by atoms with E-state index in [4.69, 9.17) is 23.2 Å². The summed E-state index contributed by atoms with van der Waals surface area (Å²) in [6.45, 7) is 5.73. The van der Waals surface area contributed by atoms with Gasteiger partial charge in [0.25, 0.3) is 5.91 Å². The number of halogens is 2. The largest absolute Gasteiger partial charge is 0.335 e. The molecule has 1 aromatic heterocycles. The van der Waals surface area contributed by atoms with Crippen LogP contribution in [0.15, 0.2) is 24.3 Å². The van der Waals surface area contributed by atoms with E-state index in [1.165, 1.54) is 0 Å². The van der Waals surface area contributed by atoms with Crippen LogP contribution in [0.5, 0.6) is 0 Å². The first-order valence-corrected chi connectivity index (χ1v) is 8.66. The number of rotatable bonds is 3. The molecule has 0 unspecified atom stereocenters. The van der Waals surface area contributed by atoms with Gasteiger partial charge in [-0.15, -0.1) is 0 Å². The number of hydrogen-bond donors (Lipinski definition) is 0. The predicted octanol–water partition coefficient (Wildman–Crippen LogP) is 2.99. The zero-order chi connectivity index (χ0) is 17.3. The molecule has 1 amide bonds. The van der Waals surface area contributed by atoms with E-state index in [1.54, 1.807) is 10.7 Å². The van der Waals surface area contributed by atoms with Crippen LogP contribution in [0.1, 0.15) is 21.7 Å². The first-order valence-electron chi connectivity index (χ1n) is 7.90. The number of carbonyl (C=O) groups excluding carboxylic acids is 1. The van der Waals surface area contributed by atoms with Gasteiger partial charge in [-0.25, -0.2) is 0 Å². The van der Waals surface area contributed by atoms with E-state index >= 15 is 0 Å². The Bertz CT molecular complexity index is 732. The van der Waals surface area contributed by atoms with Crippen LogP contribution in [0, 0.1) is 6.92 Å². The number of aryl methyl sites for hydroxylation is 2. The number of hydrogen-bond acceptors (Lipinski definition) is 3. The average molecular weight is 367 g/mol. The van der Waals surface area contributed by atoms with E-state index in [2.05, 4.69) is 10.00 Å². The van der Waals surface area contributed by atoms with Gasteiger partial charge >= 0.3 is 0 Å². The summed E-state index contributed by atoms with van der Waals surface area (Å²) < 4.78 is 1.73. The minimum Gasteiger partial charge on any atom is -0.335 e. The first-order chi connectivity index (χ1) is 11.4. The summed E-state index contributed by atoms with van der Waals surface area (Å²) in [5.74, 6) is 0.00266. The van der Waals surface area contributed by atoms with Crippen molar-refractivity contribution in [2.24, 2.45) is 7.05 Å². The summed E-state index contributed by atoms with van der Waals surface area (Å²) in [4.78, 5) is 16.7. The Labute approximate surface area is 151 Å². The van der Waals surface area contributed by atoms with Gasteiger partial charge in [-0.05, 0) is 30.7 Å². The van der Waals surface area contributed by atoms with Gasteiger partial charge in [-0.3, -0.25) is 14.4 Å². The van der Waals surface area contributed by atoms with Gasteiger partial charge in [0.05, 0.1) is 0 Å². The maximum absolute atomic E-state index is 12.5. The van der Waals surface area contributed by atoms with E-state index in [-0.39, 0.29) is 5.91 Å². The van der Waals surface area contributed by atoms with Crippen molar-refractivity contribution < 1.29 is 4.79 Å². The lowest BCUT2D eigenvalue weighted by atomic mass is 10.2. The van der Waals surface area contributed by atoms with Crippen molar-refractivity contribution in [2.75, 3.05) is 26.2 Å². The third-order valence-corrected chi connectivity index (χ3v) is 4.99. The molecule has 7 heteroatoms. The van der Waals surface area contributed by atoms with Crippen LogP contribution < -0.4 is 0 Å². The fourth-order valence-electron chi connectivity index (χ4n) is 2.83. The summed E-state index contributed by atoms with van der Waals surface area (Å²) in [7, 11) is 1.85. The molecule has 0 N–H and O–H groups in total. The van der Waals surface area contributed by atoms with Gasteiger partial charge < -0.3 is 4.90 Å². The molecule has 0 radical (unpaired) electrons. The van der Waals surface area contributed by atoms with Crippen molar-refractivity contribution in [2.45, 2.75) is 13.5 Å². The van der Waals surface area contributed by atoms with Gasteiger partial charge in [0.15, 0.2) is 5.69 Å². The number of aromatic nitrogens is 2. The van der Waals surface area contributed by atoms with Crippen LogP contribution >= 0.6 is 23.2 Å². The van der Waals surface area contributed by atoms with Crippen LogP contribution in [0.4, 0.5) is 0 Å². The zero-order valence-corrected chi connectivity index (χ0v) is 15.3. The number of piperazine rings is 1. The molecule has 24 heavy (non-hydrogen) atoms. The third kappa shape index (κ3) is 3.74. The molecule has 3 rings (SSSR count). The molecule has 1 aromatic carbocycles. The summed E-state index contributed by atoms with van der Waals surface area (Å²) in [6, 6.07) is 7.41. The Hall–Kier alpha value is -1.56. The summed E-state index contributed by atoms with van der Waals surface area (Å²) in [5.41, 5.74) is 2.56. The molecule has 0 bridgehead atoms. The molecule has 0 aliphatic carbocycles. The molecule has 1 saturated heterocycles. The molecule has 1 fully saturated rings. The van der Waals surface area contributed by atoms with Crippen LogP contribution in [0.25, 0.3) is 0 Å². The van der Waals surface area contributed by atoms with Crippen molar-refractivity contribution in [3.8, 4) is 0 Å². The molecule has 2 heterocycles. The van der Waals surface area contributed by atoms with Crippen LogP contribution in [-0.4, -0.2) is 51.7 Å². The van der Waals surface area contributed by atoms with E-state index in [0.717, 1.165) is 30.9 Å². The van der Waals surface area contributed by atoms with Crippen molar-refractivity contribution in [3.63, 3.8) is 0 Å². The summed E-state index contributed by atoms with van der Waals surface area (Å²) >= 11 is 12.2. The van der Waals surface area contributed by atoms with Crippen LogP contribution in [0.2, 0.25) is 10.0 Å². The smallest absolute Gasteiger partial charge is 0.274 e. The first kappa shape index (κ1) is 17.3. The SMILES string of the molecule is Cc1cc(C(=O)N2CCN(Cc3ccc(Cl)cc3Cl)CC2)nn1C. The lowest BCUT2D eigenvalue weighted by Gasteiger charge is -2.34. The van der Waals surface area contributed by atoms with Gasteiger partial charge in [0, 0.05) is 55.5 Å². The molecule has 0 saturated carbocycles. The van der Waals surface area contributed by atoms with Crippen molar-refractivity contribution in [1.82, 2.24) is 19.6 Å². The Kier molecular flexibility index (Phi) is 5.13. The second kappa shape index (κ2) is 7.13. The number of amides is 1. The molecule has 1 aliphatic rings. The molecular weight excluding hydrogens is 347 g/mol. The highest BCUT2D eigenvalue weighted by atomic mass is 35.5. The molecular formula is C17H20Cl2N4O. The third-order valence-electron chi connectivity index (χ3n) is 4.40. The summed E-state index contributed by atoms with van der Waals surface area (Å²) in [5, 5.41) is 5.60. The normalized spacial score (nSPS) is 15.8. The molecule has 0 spiro atoms. The van der Waals surface area contributed by atoms with Crippen LogP contribution in [-0.2, 0) is 13.6 Å². The highest BCUT2D eigenvalue weighted by Crippen LogP contribution is 2.22. The summed E-state index contributed by atoms with van der Waals surface area (Å²) in [6.07, 6.45) is 0. The fraction of sp³-hybridized carbons (Fsp3) is 0.412. The molecule has 128 valence electrons. The molecule has 2 aromatic rings. The minimum atomic E-state index is 0.00266. The quantitative estimate of drug-likeness (QED) is 0.838. The zero-order valence-electron chi connectivity index (χ0n) is 13.8. The van der Waals surface area contributed by atoms with E-state index in [1.807, 2.05) is 37.1 Å². The van der Waals surface area contributed by atoms with Gasteiger partial charge in [-0.2, -0.15) is 5.10 Å². The predicted molar refractivity (Wildman–Crippen MR) is 95.6 cm³/mol. The second-order valence-electron chi connectivity index (χ2n) is 6.10. The van der Waals surface area contributed by atoms with E-state index in [0.29, 0.717) is 28.8 Å². The minimum absolute atomic E-state index is 0.00266. The van der Waals surface area contributed by atoms with Gasteiger partial charge in [0.2, 0.25) is 0 Å². The Balaban J connectivity index is 1.58. The van der Waals surface area contributed by atoms with Gasteiger partial charge in [0.1, 0.15) is 0 Å². The highest BCUT2D eigenvalue weighted by molar-refractivity contribution is 6.35. The van der Waals surface area contributed by atoms with Crippen molar-refractivity contribution >= 4 is 29.1 Å². The van der Waals surface area contributed by atoms with Crippen molar-refractivity contribution in [3.05, 3.63) is 51.3 Å². The van der Waals surface area contributed by atoms with E-state index < -0.39 is 0 Å². The van der Waals surface area contributed by atoms with Crippen molar-refractivity contribution in [1.29, 1.82) is 0 Å². The number of nitrogens with zero attached hydrogens (tertiary/aromatic N) is 4. The molecule has 5 nitrogen and oxygen atoms in total. The molecule has 0 atom stereocenters. The number of carbonyl (C=O) groups is 1. The Morgan fingerprint density at radius 3 is 2.46 bits per heavy atom. The fourth-order valence-corrected chi connectivity index (χ4v) is 3.30. The second-order valence-corrected chi connectivity index (χ2v) is 6.94. The molecule has 1 aliphatic heterocycles. The number of benzene rings is 1. The Morgan fingerprint density at radius 1 is 1.17 bits per heavy atom. The lowest BCUT2D eigenvalue weighted by Crippen LogP contribution is -2.48. The van der Waals surface area contributed by atoms with Gasteiger partial charge in [-0.1, -0.05) is 29.3 Å².